The predicted molar refractivity (Wildman–Crippen MR) is 140 cm³/mol. The van der Waals surface area contributed by atoms with Crippen LogP contribution in [-0.4, -0.2) is 45.6 Å². The van der Waals surface area contributed by atoms with Gasteiger partial charge in [0, 0.05) is 48.1 Å². The average molecular weight is 575 g/mol. The SMILES string of the molecule is Cn1nc(OC(F)(F)Cl)cc1NCSN[C@H]1CCc2sc(NC(=O)C3CC3)c(C(=O)NCC3CC3)c2C1. The minimum Gasteiger partial charge on any atom is -0.400 e. The van der Waals surface area contributed by atoms with Gasteiger partial charge in [-0.1, -0.05) is 11.9 Å². The van der Waals surface area contributed by atoms with Crippen molar-refractivity contribution in [1.82, 2.24) is 19.8 Å². The van der Waals surface area contributed by atoms with Gasteiger partial charge in [-0.15, -0.1) is 25.2 Å². The summed E-state index contributed by atoms with van der Waals surface area (Å²) in [7, 11) is 1.61. The molecule has 5 rings (SSSR count). The van der Waals surface area contributed by atoms with Gasteiger partial charge in [-0.3, -0.25) is 14.3 Å². The number of nitrogens with zero attached hydrogens (tertiary/aromatic N) is 2. The molecule has 9 nitrogen and oxygen atoms in total. The number of rotatable bonds is 12. The van der Waals surface area contributed by atoms with Gasteiger partial charge in [-0.2, -0.15) is 0 Å². The van der Waals surface area contributed by atoms with Gasteiger partial charge in [0.25, 0.3) is 5.91 Å². The standard InChI is InChI=1S/C23H29ClF2N6O3S2/c1-32-17(9-18(30-32)35-23(24,25)26)28-11-36-31-14-6-7-16-15(8-14)19(21(34)27-10-12-2-3-12)22(37-16)29-20(33)13-4-5-13/h9,12-14,28,31H,2-8,10-11H2,1H3,(H,27,34)(H,29,33)/t14-/m0/s1. The zero-order valence-electron chi connectivity index (χ0n) is 20.2. The number of aryl methyl sites for hydroxylation is 2. The van der Waals surface area contributed by atoms with Gasteiger partial charge in [0.1, 0.15) is 10.8 Å². The predicted octanol–water partition coefficient (Wildman–Crippen LogP) is 4.30. The molecule has 202 valence electrons. The molecule has 2 fully saturated rings. The van der Waals surface area contributed by atoms with Crippen molar-refractivity contribution in [2.75, 3.05) is 23.1 Å². The number of thiophene rings is 1. The number of aromatic nitrogens is 2. The Kier molecular flexibility index (Phi) is 7.85. The van der Waals surface area contributed by atoms with Crippen molar-refractivity contribution in [2.24, 2.45) is 18.9 Å². The van der Waals surface area contributed by atoms with E-state index in [-0.39, 0.29) is 29.7 Å². The van der Waals surface area contributed by atoms with Gasteiger partial charge in [0.2, 0.25) is 11.8 Å². The third kappa shape index (κ3) is 7.06. The van der Waals surface area contributed by atoms with E-state index in [1.54, 1.807) is 7.05 Å². The van der Waals surface area contributed by atoms with E-state index < -0.39 is 5.57 Å². The Hall–Kier alpha value is -2.09. The maximum atomic E-state index is 13.2. The molecule has 3 aliphatic rings. The van der Waals surface area contributed by atoms with Gasteiger partial charge in [0.15, 0.2) is 0 Å². The fourth-order valence-corrected chi connectivity index (χ4v) is 6.33. The number of carbonyl (C=O) groups is 2. The molecule has 2 heterocycles. The Bertz CT molecular complexity index is 1160. The number of nitrogens with one attached hydrogen (secondary N) is 4. The lowest BCUT2D eigenvalue weighted by Gasteiger charge is -2.24. The highest BCUT2D eigenvalue weighted by Crippen LogP contribution is 2.40. The van der Waals surface area contributed by atoms with E-state index in [2.05, 4.69) is 30.5 Å². The van der Waals surface area contributed by atoms with E-state index in [1.165, 1.54) is 34.0 Å². The van der Waals surface area contributed by atoms with E-state index in [0.717, 1.165) is 49.0 Å². The van der Waals surface area contributed by atoms with E-state index in [1.807, 2.05) is 0 Å². The van der Waals surface area contributed by atoms with Gasteiger partial charge in [-0.05, 0) is 56.4 Å². The van der Waals surface area contributed by atoms with Crippen LogP contribution in [0.2, 0.25) is 0 Å². The number of ether oxygens (including phenoxy) is 1. The molecule has 4 N–H and O–H groups in total. The molecule has 2 aromatic rings. The fraction of sp³-hybridized carbons (Fsp3) is 0.609. The van der Waals surface area contributed by atoms with Crippen molar-refractivity contribution in [1.29, 1.82) is 0 Å². The van der Waals surface area contributed by atoms with Crippen LogP contribution in [0.3, 0.4) is 0 Å². The number of halogens is 3. The summed E-state index contributed by atoms with van der Waals surface area (Å²) >= 11 is 7.77. The first-order valence-corrected chi connectivity index (χ1v) is 14.5. The zero-order chi connectivity index (χ0) is 26.2. The van der Waals surface area contributed by atoms with Crippen LogP contribution in [0.5, 0.6) is 5.88 Å². The van der Waals surface area contributed by atoms with Gasteiger partial charge in [0.05, 0.1) is 11.4 Å². The molecule has 2 amide bonds. The van der Waals surface area contributed by atoms with Gasteiger partial charge >= 0.3 is 5.57 Å². The second kappa shape index (κ2) is 11.0. The second-order valence-corrected chi connectivity index (χ2v) is 12.0. The summed E-state index contributed by atoms with van der Waals surface area (Å²) in [6, 6.07) is 1.48. The lowest BCUT2D eigenvalue weighted by Crippen LogP contribution is -2.33. The van der Waals surface area contributed by atoms with Gasteiger partial charge in [-0.25, -0.2) is 4.68 Å². The summed E-state index contributed by atoms with van der Waals surface area (Å²) in [4.78, 5) is 26.8. The number of alkyl halides is 3. The Morgan fingerprint density at radius 1 is 1.30 bits per heavy atom. The van der Waals surface area contributed by atoms with Crippen LogP contribution in [0.1, 0.15) is 52.9 Å². The highest BCUT2D eigenvalue weighted by Gasteiger charge is 2.34. The molecular weight excluding hydrogens is 546 g/mol. The number of hydrogen-bond acceptors (Lipinski definition) is 8. The zero-order valence-corrected chi connectivity index (χ0v) is 22.6. The largest absolute Gasteiger partial charge is 0.488 e. The molecule has 0 spiro atoms. The summed E-state index contributed by atoms with van der Waals surface area (Å²) < 4.78 is 34.8. The van der Waals surface area contributed by atoms with E-state index in [4.69, 9.17) is 11.6 Å². The van der Waals surface area contributed by atoms with Crippen molar-refractivity contribution < 1.29 is 23.1 Å². The number of fused-ring (bicyclic) bond motifs is 1. The minimum atomic E-state index is -3.82. The highest BCUT2D eigenvalue weighted by molar-refractivity contribution is 7.97. The first kappa shape index (κ1) is 26.5. The Balaban J connectivity index is 1.18. The molecule has 0 bridgehead atoms. The average Bonchev–Trinajstić information content (AvgIpc) is 3.75. The molecule has 2 saturated carbocycles. The maximum absolute atomic E-state index is 13.2. The van der Waals surface area contributed by atoms with E-state index in [0.29, 0.717) is 41.1 Å². The third-order valence-electron chi connectivity index (χ3n) is 6.57. The van der Waals surface area contributed by atoms with Crippen LogP contribution in [-0.2, 0) is 24.7 Å². The van der Waals surface area contributed by atoms with Crippen molar-refractivity contribution in [2.45, 2.75) is 56.6 Å². The normalized spacial score (nSPS) is 19.3. The second-order valence-electron chi connectivity index (χ2n) is 9.69. The highest BCUT2D eigenvalue weighted by atomic mass is 35.5. The topological polar surface area (TPSA) is 109 Å². The van der Waals surface area contributed by atoms with Crippen molar-refractivity contribution in [3.05, 3.63) is 22.1 Å². The number of anilines is 2. The first-order chi connectivity index (χ1) is 17.7. The Morgan fingerprint density at radius 2 is 2.08 bits per heavy atom. The van der Waals surface area contributed by atoms with E-state index >= 15 is 0 Å². The molecule has 0 radical (unpaired) electrons. The Morgan fingerprint density at radius 3 is 2.78 bits per heavy atom. The van der Waals surface area contributed by atoms with Crippen LogP contribution in [0.25, 0.3) is 0 Å². The van der Waals surface area contributed by atoms with Crippen molar-refractivity contribution in [3.63, 3.8) is 0 Å². The number of amides is 2. The monoisotopic (exact) mass is 574 g/mol. The summed E-state index contributed by atoms with van der Waals surface area (Å²) in [6.07, 6.45) is 6.51. The van der Waals surface area contributed by atoms with Crippen LogP contribution in [0.15, 0.2) is 6.07 Å². The summed E-state index contributed by atoms with van der Waals surface area (Å²) in [5.41, 5.74) is -2.20. The van der Waals surface area contributed by atoms with Crippen LogP contribution >= 0.6 is 34.9 Å². The molecule has 0 saturated heterocycles. The molecule has 0 aliphatic heterocycles. The summed E-state index contributed by atoms with van der Waals surface area (Å²) in [5, 5.41) is 13.7. The molecule has 0 unspecified atom stereocenters. The molecule has 0 aromatic carbocycles. The van der Waals surface area contributed by atoms with Crippen LogP contribution in [0.4, 0.5) is 19.6 Å². The lowest BCUT2D eigenvalue weighted by molar-refractivity contribution is -0.117. The Labute approximate surface area is 226 Å². The molecule has 14 heteroatoms. The number of hydrogen-bond donors (Lipinski definition) is 4. The maximum Gasteiger partial charge on any atom is 0.488 e. The summed E-state index contributed by atoms with van der Waals surface area (Å²) in [5.74, 6) is 1.19. The lowest BCUT2D eigenvalue weighted by atomic mass is 9.91. The fourth-order valence-electron chi connectivity index (χ4n) is 4.26. The van der Waals surface area contributed by atoms with Crippen molar-refractivity contribution in [3.8, 4) is 5.88 Å². The molecular formula is C23H29ClF2N6O3S2. The first-order valence-electron chi connectivity index (χ1n) is 12.3. The van der Waals surface area contributed by atoms with E-state index in [9.17, 15) is 18.4 Å². The minimum absolute atomic E-state index is 0.00429. The molecule has 1 atom stereocenters. The smallest absolute Gasteiger partial charge is 0.400 e. The number of carbonyl (C=O) groups excluding carboxylic acids is 2. The third-order valence-corrected chi connectivity index (χ3v) is 8.65. The van der Waals surface area contributed by atoms with Crippen LogP contribution < -0.4 is 25.4 Å². The van der Waals surface area contributed by atoms with Crippen LogP contribution in [0, 0.1) is 11.8 Å². The quantitative estimate of drug-likeness (QED) is 0.129. The molecule has 37 heavy (non-hydrogen) atoms. The summed E-state index contributed by atoms with van der Waals surface area (Å²) in [6.45, 7) is 0.673. The molecule has 3 aliphatic carbocycles. The van der Waals surface area contributed by atoms with Crippen molar-refractivity contribution >= 4 is 57.5 Å². The van der Waals surface area contributed by atoms with Gasteiger partial charge < -0.3 is 20.7 Å². The molecule has 2 aromatic heterocycles.